The predicted octanol–water partition coefficient (Wildman–Crippen LogP) is 1.17. The van der Waals surface area contributed by atoms with Gasteiger partial charge in [0.1, 0.15) is 6.33 Å². The highest BCUT2D eigenvalue weighted by molar-refractivity contribution is 7.99. The first-order valence-electron chi connectivity index (χ1n) is 6.57. The molecule has 106 valence electrons. The van der Waals surface area contributed by atoms with Crippen molar-refractivity contribution in [2.24, 2.45) is 0 Å². The molecule has 0 radical (unpaired) electrons. The number of H-pyrrole nitrogens is 1. The molecule has 0 atom stereocenters. The second-order valence-corrected chi connectivity index (χ2v) is 5.39. The van der Waals surface area contributed by atoms with Crippen LogP contribution in [0.2, 0.25) is 0 Å². The minimum absolute atomic E-state index is 0.572. The summed E-state index contributed by atoms with van der Waals surface area (Å²) in [7, 11) is 1.80. The lowest BCUT2D eigenvalue weighted by atomic mass is 10.1. The maximum absolute atomic E-state index is 4.52. The zero-order valence-electron chi connectivity index (χ0n) is 11.2. The van der Waals surface area contributed by atoms with E-state index in [0.29, 0.717) is 16.3 Å². The minimum atomic E-state index is 0.572. The molecule has 20 heavy (non-hydrogen) atoms. The molecule has 8 nitrogen and oxygen atoms in total. The average Bonchev–Trinajstić information content (AvgIpc) is 3.00. The molecule has 0 aliphatic carbocycles. The van der Waals surface area contributed by atoms with Crippen LogP contribution in [0.4, 0.5) is 11.9 Å². The van der Waals surface area contributed by atoms with E-state index < -0.39 is 0 Å². The van der Waals surface area contributed by atoms with Gasteiger partial charge in [0.15, 0.2) is 5.16 Å². The van der Waals surface area contributed by atoms with Crippen LogP contribution in [-0.2, 0) is 0 Å². The van der Waals surface area contributed by atoms with Crippen molar-refractivity contribution in [1.82, 2.24) is 30.1 Å². The SMILES string of the molecule is CNc1nc(Sc2ncn[nH]2)nc(N2CCCCC2)n1. The van der Waals surface area contributed by atoms with Gasteiger partial charge in [-0.1, -0.05) is 0 Å². The molecule has 1 saturated heterocycles. The Morgan fingerprint density at radius 3 is 2.75 bits per heavy atom. The van der Waals surface area contributed by atoms with E-state index in [2.05, 4.69) is 40.3 Å². The molecular formula is C11H16N8S. The number of nitrogens with one attached hydrogen (secondary N) is 2. The van der Waals surface area contributed by atoms with Crippen molar-refractivity contribution in [3.8, 4) is 0 Å². The van der Waals surface area contributed by atoms with Crippen LogP contribution in [0.1, 0.15) is 19.3 Å². The summed E-state index contributed by atoms with van der Waals surface area (Å²) >= 11 is 1.34. The van der Waals surface area contributed by atoms with E-state index in [0.717, 1.165) is 19.0 Å². The second kappa shape index (κ2) is 6.04. The number of aromatic nitrogens is 6. The van der Waals surface area contributed by atoms with Crippen LogP contribution in [0.5, 0.6) is 0 Å². The molecule has 2 aromatic rings. The van der Waals surface area contributed by atoms with Gasteiger partial charge in [0.25, 0.3) is 0 Å². The van der Waals surface area contributed by atoms with E-state index in [4.69, 9.17) is 0 Å². The van der Waals surface area contributed by atoms with Crippen molar-refractivity contribution in [3.05, 3.63) is 6.33 Å². The Kier molecular flexibility index (Phi) is 3.95. The van der Waals surface area contributed by atoms with E-state index >= 15 is 0 Å². The van der Waals surface area contributed by atoms with Crippen LogP contribution >= 0.6 is 11.8 Å². The summed E-state index contributed by atoms with van der Waals surface area (Å²) in [4.78, 5) is 19.6. The quantitative estimate of drug-likeness (QED) is 0.867. The maximum Gasteiger partial charge on any atom is 0.231 e. The second-order valence-electron chi connectivity index (χ2n) is 4.43. The fourth-order valence-electron chi connectivity index (χ4n) is 2.07. The Balaban J connectivity index is 1.85. The first-order chi connectivity index (χ1) is 9.85. The van der Waals surface area contributed by atoms with Gasteiger partial charge >= 0.3 is 0 Å². The Hall–Kier alpha value is -1.90. The largest absolute Gasteiger partial charge is 0.357 e. The van der Waals surface area contributed by atoms with Gasteiger partial charge in [-0.15, -0.1) is 0 Å². The van der Waals surface area contributed by atoms with Gasteiger partial charge in [-0.05, 0) is 31.0 Å². The highest BCUT2D eigenvalue weighted by Gasteiger charge is 2.16. The predicted molar refractivity (Wildman–Crippen MR) is 75.9 cm³/mol. The zero-order valence-corrected chi connectivity index (χ0v) is 12.0. The lowest BCUT2D eigenvalue weighted by Gasteiger charge is -2.26. The van der Waals surface area contributed by atoms with Crippen LogP contribution in [0, 0.1) is 0 Å². The smallest absolute Gasteiger partial charge is 0.231 e. The van der Waals surface area contributed by atoms with Crippen LogP contribution in [0.25, 0.3) is 0 Å². The van der Waals surface area contributed by atoms with E-state index in [1.54, 1.807) is 7.05 Å². The summed E-state index contributed by atoms with van der Waals surface area (Å²) in [5, 5.41) is 10.9. The highest BCUT2D eigenvalue weighted by atomic mass is 32.2. The van der Waals surface area contributed by atoms with Gasteiger partial charge in [0.2, 0.25) is 17.1 Å². The number of aromatic amines is 1. The highest BCUT2D eigenvalue weighted by Crippen LogP contribution is 2.24. The van der Waals surface area contributed by atoms with Gasteiger partial charge in [-0.3, -0.25) is 5.10 Å². The van der Waals surface area contributed by atoms with Gasteiger partial charge in [0, 0.05) is 20.1 Å². The maximum atomic E-state index is 4.52. The molecule has 0 amide bonds. The average molecular weight is 292 g/mol. The zero-order chi connectivity index (χ0) is 13.8. The molecule has 0 saturated carbocycles. The molecule has 0 aromatic carbocycles. The van der Waals surface area contributed by atoms with Gasteiger partial charge in [0.05, 0.1) is 0 Å². The number of anilines is 2. The summed E-state index contributed by atoms with van der Waals surface area (Å²) in [6.45, 7) is 2.00. The third-order valence-electron chi connectivity index (χ3n) is 3.05. The number of rotatable bonds is 4. The van der Waals surface area contributed by atoms with Crippen LogP contribution in [-0.4, -0.2) is 50.3 Å². The number of nitrogens with zero attached hydrogens (tertiary/aromatic N) is 6. The normalized spacial score (nSPS) is 15.3. The van der Waals surface area contributed by atoms with Crippen molar-refractivity contribution in [1.29, 1.82) is 0 Å². The molecular weight excluding hydrogens is 276 g/mol. The molecule has 2 N–H and O–H groups in total. The fraction of sp³-hybridized carbons (Fsp3) is 0.545. The monoisotopic (exact) mass is 292 g/mol. The van der Waals surface area contributed by atoms with Gasteiger partial charge in [-0.2, -0.15) is 20.1 Å². The molecule has 1 aliphatic rings. The molecule has 1 fully saturated rings. The molecule has 0 unspecified atom stereocenters. The lowest BCUT2D eigenvalue weighted by molar-refractivity contribution is 0.565. The summed E-state index contributed by atoms with van der Waals surface area (Å²) < 4.78 is 0. The number of hydrogen-bond donors (Lipinski definition) is 2. The van der Waals surface area contributed by atoms with Crippen molar-refractivity contribution in [2.75, 3.05) is 30.4 Å². The Bertz CT molecular complexity index is 552. The van der Waals surface area contributed by atoms with Crippen molar-refractivity contribution in [3.63, 3.8) is 0 Å². The molecule has 9 heteroatoms. The Morgan fingerprint density at radius 2 is 2.05 bits per heavy atom. The van der Waals surface area contributed by atoms with Gasteiger partial charge in [-0.25, -0.2) is 4.98 Å². The first-order valence-corrected chi connectivity index (χ1v) is 7.39. The molecule has 0 bridgehead atoms. The molecule has 3 heterocycles. The minimum Gasteiger partial charge on any atom is -0.357 e. The standard InChI is InChI=1S/C11H16N8S/c1-12-8-15-9(19-5-3-2-4-6-19)17-11(16-8)20-10-13-7-14-18-10/h7H,2-6H2,1H3,(H,13,14,18)(H,12,15,16,17). The summed E-state index contributed by atoms with van der Waals surface area (Å²) in [6, 6.07) is 0. The van der Waals surface area contributed by atoms with E-state index in [9.17, 15) is 0 Å². The van der Waals surface area contributed by atoms with Crippen LogP contribution < -0.4 is 10.2 Å². The number of hydrogen-bond acceptors (Lipinski definition) is 8. The summed E-state index contributed by atoms with van der Waals surface area (Å²) in [5.41, 5.74) is 0. The lowest BCUT2D eigenvalue weighted by Crippen LogP contribution is -2.31. The molecule has 3 rings (SSSR count). The Morgan fingerprint density at radius 1 is 1.20 bits per heavy atom. The number of piperidine rings is 1. The molecule has 2 aromatic heterocycles. The first kappa shape index (κ1) is 13.1. The van der Waals surface area contributed by atoms with Crippen molar-refractivity contribution in [2.45, 2.75) is 29.6 Å². The van der Waals surface area contributed by atoms with E-state index in [1.807, 2.05) is 0 Å². The van der Waals surface area contributed by atoms with Crippen LogP contribution in [0.3, 0.4) is 0 Å². The summed E-state index contributed by atoms with van der Waals surface area (Å²) in [6.07, 6.45) is 5.12. The van der Waals surface area contributed by atoms with Crippen molar-refractivity contribution < 1.29 is 0 Å². The summed E-state index contributed by atoms with van der Waals surface area (Å²) in [5.74, 6) is 1.30. The third-order valence-corrected chi connectivity index (χ3v) is 3.80. The van der Waals surface area contributed by atoms with Gasteiger partial charge < -0.3 is 10.2 Å². The van der Waals surface area contributed by atoms with E-state index in [1.165, 1.54) is 37.4 Å². The van der Waals surface area contributed by atoms with E-state index in [-0.39, 0.29) is 0 Å². The molecule has 1 aliphatic heterocycles. The molecule has 0 spiro atoms. The van der Waals surface area contributed by atoms with Crippen LogP contribution in [0.15, 0.2) is 16.6 Å². The van der Waals surface area contributed by atoms with Crippen molar-refractivity contribution >= 4 is 23.7 Å². The Labute approximate surface area is 120 Å². The fourth-order valence-corrected chi connectivity index (χ4v) is 2.70. The topological polar surface area (TPSA) is 95.5 Å². The third kappa shape index (κ3) is 2.98.